The van der Waals surface area contributed by atoms with E-state index in [0.29, 0.717) is 26.4 Å². The molecule has 0 radical (unpaired) electrons. The fourth-order valence-electron chi connectivity index (χ4n) is 0.957. The largest absolute Gasteiger partial charge is 2.00 e. The van der Waals surface area contributed by atoms with Gasteiger partial charge in [-0.25, -0.2) is 0 Å². The molecule has 0 bridgehead atoms. The van der Waals surface area contributed by atoms with Gasteiger partial charge in [0.25, 0.3) is 0 Å². The van der Waals surface area contributed by atoms with Crippen LogP contribution in [0.4, 0.5) is 0 Å². The molecule has 0 atom stereocenters. The Morgan fingerprint density at radius 1 is 0.516 bits per heavy atom. The molecule has 0 heterocycles. The number of rotatable bonds is 8. The van der Waals surface area contributed by atoms with E-state index >= 15 is 0 Å². The maximum absolute atomic E-state index is 8.25. The Morgan fingerprint density at radius 3 is 0.677 bits per heavy atom. The third kappa shape index (κ3) is 94.9. The van der Waals surface area contributed by atoms with Crippen LogP contribution >= 0.6 is 0 Å². The minimum Gasteiger partial charge on any atom is -0.412 e. The van der Waals surface area contributed by atoms with Gasteiger partial charge in [-0.3, -0.25) is 0 Å². The number of hydrogen-bond acceptors (Lipinski definition) is 10. The van der Waals surface area contributed by atoms with Gasteiger partial charge in [0, 0.05) is 26.4 Å². The Kier molecular flexibility index (Phi) is 178. The van der Waals surface area contributed by atoms with Gasteiger partial charge in [-0.05, 0) is 27.7 Å². The monoisotopic (exact) mass is 550 g/mol. The molecule has 0 amide bonds. The minimum absolute atomic E-state index is 0. The quantitative estimate of drug-likeness (QED) is 0.156. The van der Waals surface area contributed by atoms with Crippen LogP contribution < -0.4 is 0 Å². The van der Waals surface area contributed by atoms with E-state index in [0.717, 1.165) is 0 Å². The molecule has 0 saturated heterocycles. The molecule has 0 aromatic carbocycles. The molecule has 0 aromatic rings. The number of nitrogens with zero attached hydrogens (tertiary/aromatic N) is 2. The molecule has 18 N–H and O–H groups in total. The van der Waals surface area contributed by atoms with Gasteiger partial charge in [0.2, 0.25) is 0 Å². The molecule has 0 fully saturated rings. The third-order valence-electron chi connectivity index (χ3n) is 1.28. The van der Waals surface area contributed by atoms with Crippen molar-refractivity contribution in [2.24, 2.45) is 0 Å². The van der Waals surface area contributed by atoms with Crippen molar-refractivity contribution in [1.82, 2.24) is 0 Å². The second-order valence-electron chi connectivity index (χ2n) is 2.68. The molecular weight excluding hydrogens is 512 g/mol. The number of hydrogen-bond donors (Lipinski definition) is 0. The normalized spacial score (nSPS) is 6.58. The summed E-state index contributed by atoms with van der Waals surface area (Å²) >= 11 is 0. The molecule has 0 aliphatic carbocycles. The molecule has 23 heteroatoms. The summed E-state index contributed by atoms with van der Waals surface area (Å²) in [5.41, 5.74) is 0. The van der Waals surface area contributed by atoms with Crippen LogP contribution in [0.15, 0.2) is 0 Å². The van der Waals surface area contributed by atoms with Crippen molar-refractivity contribution in [3.8, 4) is 0 Å². The van der Waals surface area contributed by atoms with E-state index in [2.05, 4.69) is 0 Å². The van der Waals surface area contributed by atoms with E-state index in [1.165, 1.54) is 0 Å². The molecule has 31 heavy (non-hydrogen) atoms. The molecule has 0 saturated carbocycles. The van der Waals surface area contributed by atoms with Gasteiger partial charge in [0.1, 0.15) is 0 Å². The first-order valence-electron chi connectivity index (χ1n) is 5.90. The van der Waals surface area contributed by atoms with Crippen LogP contribution in [0.2, 0.25) is 0 Å². The van der Waals surface area contributed by atoms with Crippen LogP contribution in [0, 0.1) is 30.6 Å². The van der Waals surface area contributed by atoms with Gasteiger partial charge in [-0.1, -0.05) is 0 Å². The zero-order valence-electron chi connectivity index (χ0n) is 17.2. The van der Waals surface area contributed by atoms with Gasteiger partial charge in [-0.15, -0.1) is 0 Å². The fraction of sp³-hybridized carbons (Fsp3) is 1.00. The van der Waals surface area contributed by atoms with E-state index in [1.807, 2.05) is 27.7 Å². The van der Waals surface area contributed by atoms with Crippen LogP contribution in [0.1, 0.15) is 27.7 Å². The summed E-state index contributed by atoms with van der Waals surface area (Å²) in [5.74, 6) is 0. The van der Waals surface area contributed by atoms with Crippen molar-refractivity contribution in [3.05, 3.63) is 30.6 Å². The SMILES string of the molecule is CCO[Si](OCC)(OCC)OCC.O.O.O.O.O.O.O.O.O.O=[N+]([O-])[O-].O=[N+]([O-])[O-].[Fe+2]. The molecular formula is C8H38FeN2O19Si. The van der Waals surface area contributed by atoms with E-state index in [1.54, 1.807) is 0 Å². The average Bonchev–Trinajstić information content (AvgIpc) is 2.28. The zero-order valence-corrected chi connectivity index (χ0v) is 19.3. The summed E-state index contributed by atoms with van der Waals surface area (Å²) in [6.45, 7) is 9.80. The molecule has 206 valence electrons. The molecule has 0 aliphatic heterocycles. The summed E-state index contributed by atoms with van der Waals surface area (Å²) in [6, 6.07) is 0. The van der Waals surface area contributed by atoms with Crippen LogP contribution in [0.5, 0.6) is 0 Å². The van der Waals surface area contributed by atoms with Crippen LogP contribution in [-0.2, 0) is 34.8 Å². The van der Waals surface area contributed by atoms with Crippen molar-refractivity contribution < 1.29 is 94.2 Å². The Bertz CT molecular complexity index is 232. The molecule has 0 aromatic heterocycles. The molecule has 0 spiro atoms. The molecule has 0 rings (SSSR count). The van der Waals surface area contributed by atoms with Gasteiger partial charge in [0.15, 0.2) is 0 Å². The Balaban J connectivity index is -0.0000000145. The first kappa shape index (κ1) is 87.8. The van der Waals surface area contributed by atoms with Crippen molar-refractivity contribution in [2.75, 3.05) is 26.4 Å². The van der Waals surface area contributed by atoms with Gasteiger partial charge < -0.3 is 97.6 Å². The minimum atomic E-state index is -2.80. The Hall–Kier alpha value is -1.38. The standard InChI is InChI=1S/C8H20O4Si.Fe.2NO3.9H2O/c1-5-9-13(10-6-2,11-7-3)12-8-4;;2*2-1(3)4;;;;;;;;;/h5-8H2,1-4H3;;;;9*1H2/q;+2;2*-1;;;;;;;;;. The van der Waals surface area contributed by atoms with E-state index in [-0.39, 0.29) is 66.4 Å². The molecule has 0 aliphatic rings. The summed E-state index contributed by atoms with van der Waals surface area (Å²) in [4.78, 5) is 16.5. The second-order valence-corrected chi connectivity index (χ2v) is 4.83. The smallest absolute Gasteiger partial charge is 0.412 e. The van der Waals surface area contributed by atoms with Crippen molar-refractivity contribution in [3.63, 3.8) is 0 Å². The summed E-state index contributed by atoms with van der Waals surface area (Å²) < 4.78 is 21.7. The van der Waals surface area contributed by atoms with E-state index in [4.69, 9.17) is 48.3 Å². The Labute approximate surface area is 188 Å². The van der Waals surface area contributed by atoms with E-state index < -0.39 is 19.2 Å². The summed E-state index contributed by atoms with van der Waals surface area (Å²) in [6.07, 6.45) is 0. The second kappa shape index (κ2) is 63.0. The molecule has 21 nitrogen and oxygen atoms in total. The fourth-order valence-corrected chi connectivity index (χ4v) is 2.87. The van der Waals surface area contributed by atoms with Crippen molar-refractivity contribution >= 4 is 9.05 Å². The third-order valence-corrected chi connectivity index (χ3v) is 3.85. The van der Waals surface area contributed by atoms with Crippen LogP contribution in [0.3, 0.4) is 0 Å². The van der Waals surface area contributed by atoms with Crippen molar-refractivity contribution in [1.29, 1.82) is 0 Å². The predicted molar refractivity (Wildman–Crippen MR) is 106 cm³/mol. The average molecular weight is 550 g/mol. The zero-order chi connectivity index (χ0) is 17.3. The van der Waals surface area contributed by atoms with Crippen LogP contribution in [-0.4, -0.2) is 94.9 Å². The first-order chi connectivity index (χ1) is 9.71. The topological polar surface area (TPSA) is 453 Å². The van der Waals surface area contributed by atoms with Gasteiger partial charge in [-0.2, -0.15) is 0 Å². The van der Waals surface area contributed by atoms with Gasteiger partial charge >= 0.3 is 26.1 Å². The van der Waals surface area contributed by atoms with Crippen molar-refractivity contribution in [2.45, 2.75) is 27.7 Å². The summed E-state index contributed by atoms with van der Waals surface area (Å²) in [5, 5.41) is 29.5. The van der Waals surface area contributed by atoms with E-state index in [9.17, 15) is 0 Å². The van der Waals surface area contributed by atoms with Crippen LogP contribution in [0.25, 0.3) is 0 Å². The molecule has 0 unspecified atom stereocenters. The maximum atomic E-state index is 8.25. The van der Waals surface area contributed by atoms with Gasteiger partial charge in [0.05, 0.1) is 10.2 Å². The summed E-state index contributed by atoms with van der Waals surface area (Å²) in [7, 11) is -2.80. The maximum Gasteiger partial charge on any atom is 2.00 e. The Morgan fingerprint density at radius 2 is 0.613 bits per heavy atom. The predicted octanol–water partition coefficient (Wildman–Crippen LogP) is -6.33. The first-order valence-corrected chi connectivity index (χ1v) is 7.53.